The van der Waals surface area contributed by atoms with Crippen LogP contribution in [0.25, 0.3) is 0 Å². The molecule has 2 aromatic rings. The normalized spacial score (nSPS) is 18.1. The van der Waals surface area contributed by atoms with Gasteiger partial charge in [0, 0.05) is 13.0 Å². The second-order valence-electron chi connectivity index (χ2n) is 5.95. The smallest absolute Gasteiger partial charge is 0.339 e. The number of benzene rings is 2. The van der Waals surface area contributed by atoms with Crippen molar-refractivity contribution in [1.82, 2.24) is 5.32 Å². The lowest BCUT2D eigenvalue weighted by atomic mass is 9.98. The zero-order valence-electron chi connectivity index (χ0n) is 13.5. The summed E-state index contributed by atoms with van der Waals surface area (Å²) >= 11 is 0. The zero-order valence-corrected chi connectivity index (χ0v) is 13.5. The monoisotopic (exact) mass is 339 g/mol. The molecule has 6 heteroatoms. The van der Waals surface area contributed by atoms with E-state index in [4.69, 9.17) is 14.2 Å². The molecule has 0 aliphatic carbocycles. The largest absolute Gasteiger partial charge is 0.486 e. The van der Waals surface area contributed by atoms with Gasteiger partial charge in [0.1, 0.15) is 13.2 Å². The molecule has 1 N–H and O–H groups in total. The highest BCUT2D eigenvalue weighted by atomic mass is 16.6. The Morgan fingerprint density at radius 3 is 2.76 bits per heavy atom. The minimum absolute atomic E-state index is 0.308. The molecule has 6 nitrogen and oxygen atoms in total. The second-order valence-corrected chi connectivity index (χ2v) is 5.95. The molecule has 0 fully saturated rings. The van der Waals surface area contributed by atoms with Crippen LogP contribution in [0.2, 0.25) is 0 Å². The molecule has 1 amide bonds. The standard InChI is InChI=1S/C19H17NO5/c21-18(17-10-13-3-1-2-4-14(13)19(22)25-17)20-11-12-5-6-15-16(9-12)24-8-7-23-15/h1-6,9,17H,7-8,10-11H2,(H,20,21)/t17-/m0/s1. The van der Waals surface area contributed by atoms with Crippen molar-refractivity contribution in [2.24, 2.45) is 0 Å². The SMILES string of the molecule is O=C1O[C@H](C(=O)NCc2ccc3c(c2)OCCO3)Cc2ccccc21. The Labute approximate surface area is 144 Å². The molecule has 128 valence electrons. The van der Waals surface area contributed by atoms with Crippen LogP contribution < -0.4 is 14.8 Å². The molecule has 2 aromatic carbocycles. The maximum absolute atomic E-state index is 12.4. The minimum Gasteiger partial charge on any atom is -0.486 e. The number of amides is 1. The van der Waals surface area contributed by atoms with E-state index >= 15 is 0 Å². The van der Waals surface area contributed by atoms with Crippen LogP contribution in [0.5, 0.6) is 11.5 Å². The van der Waals surface area contributed by atoms with E-state index in [1.165, 1.54) is 0 Å². The molecule has 1 atom stereocenters. The number of fused-ring (bicyclic) bond motifs is 2. The number of hydrogen-bond donors (Lipinski definition) is 1. The Kier molecular flexibility index (Phi) is 4.01. The van der Waals surface area contributed by atoms with Crippen molar-refractivity contribution in [3.63, 3.8) is 0 Å². The van der Waals surface area contributed by atoms with Gasteiger partial charge in [-0.1, -0.05) is 24.3 Å². The molecule has 0 aromatic heterocycles. The van der Waals surface area contributed by atoms with Gasteiger partial charge in [-0.3, -0.25) is 4.79 Å². The summed E-state index contributed by atoms with van der Waals surface area (Å²) in [5.41, 5.74) is 2.25. The molecule has 0 unspecified atom stereocenters. The number of carbonyl (C=O) groups is 2. The molecule has 0 bridgehead atoms. The van der Waals surface area contributed by atoms with Crippen LogP contribution in [0, 0.1) is 0 Å². The van der Waals surface area contributed by atoms with Gasteiger partial charge in [0.15, 0.2) is 17.6 Å². The van der Waals surface area contributed by atoms with Gasteiger partial charge < -0.3 is 19.5 Å². The lowest BCUT2D eigenvalue weighted by Gasteiger charge is -2.24. The van der Waals surface area contributed by atoms with E-state index in [9.17, 15) is 9.59 Å². The first-order chi connectivity index (χ1) is 12.2. The number of ether oxygens (including phenoxy) is 3. The Balaban J connectivity index is 1.40. The van der Waals surface area contributed by atoms with Crippen molar-refractivity contribution in [3.05, 3.63) is 59.2 Å². The van der Waals surface area contributed by atoms with Crippen LogP contribution >= 0.6 is 0 Å². The molecule has 0 radical (unpaired) electrons. The molecule has 2 aliphatic rings. The Hall–Kier alpha value is -3.02. The fourth-order valence-corrected chi connectivity index (χ4v) is 2.98. The fraction of sp³-hybridized carbons (Fsp3) is 0.263. The van der Waals surface area contributed by atoms with Gasteiger partial charge in [-0.2, -0.15) is 0 Å². The summed E-state index contributed by atoms with van der Waals surface area (Å²) in [4.78, 5) is 24.4. The highest BCUT2D eigenvalue weighted by molar-refractivity contribution is 5.95. The fourth-order valence-electron chi connectivity index (χ4n) is 2.98. The topological polar surface area (TPSA) is 73.9 Å². The maximum atomic E-state index is 12.4. The number of rotatable bonds is 3. The number of carbonyl (C=O) groups excluding carboxylic acids is 2. The molecular weight excluding hydrogens is 322 g/mol. The molecular formula is C19H17NO5. The predicted octanol–water partition coefficient (Wildman–Crippen LogP) is 1.86. The molecule has 4 rings (SSSR count). The van der Waals surface area contributed by atoms with Crippen LogP contribution in [-0.2, 0) is 22.5 Å². The highest BCUT2D eigenvalue weighted by Gasteiger charge is 2.30. The van der Waals surface area contributed by atoms with Crippen molar-refractivity contribution < 1.29 is 23.8 Å². The second kappa shape index (κ2) is 6.47. The van der Waals surface area contributed by atoms with Gasteiger partial charge in [-0.05, 0) is 29.3 Å². The van der Waals surface area contributed by atoms with E-state index < -0.39 is 12.1 Å². The molecule has 0 saturated heterocycles. The van der Waals surface area contributed by atoms with E-state index in [1.807, 2.05) is 30.3 Å². The lowest BCUT2D eigenvalue weighted by molar-refractivity contribution is -0.130. The summed E-state index contributed by atoms with van der Waals surface area (Å²) in [7, 11) is 0. The van der Waals surface area contributed by atoms with Crippen LogP contribution in [0.4, 0.5) is 0 Å². The Bertz CT molecular complexity index is 832. The van der Waals surface area contributed by atoms with E-state index in [0.717, 1.165) is 11.1 Å². The highest BCUT2D eigenvalue weighted by Crippen LogP contribution is 2.30. The molecule has 2 aliphatic heterocycles. The van der Waals surface area contributed by atoms with Gasteiger partial charge in [0.2, 0.25) is 0 Å². The molecule has 0 spiro atoms. The van der Waals surface area contributed by atoms with Crippen LogP contribution in [0.3, 0.4) is 0 Å². The lowest BCUT2D eigenvalue weighted by Crippen LogP contribution is -2.41. The number of nitrogens with one attached hydrogen (secondary N) is 1. The quantitative estimate of drug-likeness (QED) is 0.864. The third-order valence-electron chi connectivity index (χ3n) is 4.26. The van der Waals surface area contributed by atoms with Crippen molar-refractivity contribution >= 4 is 11.9 Å². The third-order valence-corrected chi connectivity index (χ3v) is 4.26. The zero-order chi connectivity index (χ0) is 17.2. The average Bonchev–Trinajstić information content (AvgIpc) is 2.66. The Morgan fingerprint density at radius 2 is 1.88 bits per heavy atom. The first-order valence-corrected chi connectivity index (χ1v) is 8.16. The summed E-state index contributed by atoms with van der Waals surface area (Å²) < 4.78 is 16.3. The number of hydrogen-bond acceptors (Lipinski definition) is 5. The Morgan fingerprint density at radius 1 is 1.08 bits per heavy atom. The number of cyclic esters (lactones) is 1. The van der Waals surface area contributed by atoms with Gasteiger partial charge in [-0.15, -0.1) is 0 Å². The van der Waals surface area contributed by atoms with Crippen molar-refractivity contribution in [1.29, 1.82) is 0 Å². The summed E-state index contributed by atoms with van der Waals surface area (Å²) in [5, 5.41) is 2.81. The average molecular weight is 339 g/mol. The molecule has 25 heavy (non-hydrogen) atoms. The van der Waals surface area contributed by atoms with Crippen LogP contribution in [0.15, 0.2) is 42.5 Å². The van der Waals surface area contributed by atoms with Gasteiger partial charge in [0.25, 0.3) is 5.91 Å². The van der Waals surface area contributed by atoms with Crippen molar-refractivity contribution in [2.45, 2.75) is 19.1 Å². The van der Waals surface area contributed by atoms with Gasteiger partial charge in [0.05, 0.1) is 5.56 Å². The molecule has 0 saturated carbocycles. The number of esters is 1. The summed E-state index contributed by atoms with van der Waals surface area (Å²) in [6.45, 7) is 1.38. The first kappa shape index (κ1) is 15.5. The summed E-state index contributed by atoms with van der Waals surface area (Å²) in [5.74, 6) is 0.620. The molecule has 2 heterocycles. The van der Waals surface area contributed by atoms with Gasteiger partial charge in [-0.25, -0.2) is 4.79 Å². The van der Waals surface area contributed by atoms with Crippen LogP contribution in [-0.4, -0.2) is 31.2 Å². The first-order valence-electron chi connectivity index (χ1n) is 8.16. The van der Waals surface area contributed by atoms with E-state index in [2.05, 4.69) is 5.32 Å². The summed E-state index contributed by atoms with van der Waals surface area (Å²) in [6.07, 6.45) is -0.422. The van der Waals surface area contributed by atoms with Gasteiger partial charge >= 0.3 is 5.97 Å². The summed E-state index contributed by atoms with van der Waals surface area (Å²) in [6, 6.07) is 12.7. The van der Waals surface area contributed by atoms with Crippen molar-refractivity contribution in [3.8, 4) is 11.5 Å². The van der Waals surface area contributed by atoms with E-state index in [1.54, 1.807) is 12.1 Å². The maximum Gasteiger partial charge on any atom is 0.339 e. The minimum atomic E-state index is -0.806. The predicted molar refractivity (Wildman–Crippen MR) is 88.6 cm³/mol. The third kappa shape index (κ3) is 3.15. The van der Waals surface area contributed by atoms with Crippen molar-refractivity contribution in [2.75, 3.05) is 13.2 Å². The van der Waals surface area contributed by atoms with E-state index in [-0.39, 0.29) is 5.91 Å². The van der Waals surface area contributed by atoms with Crippen LogP contribution in [0.1, 0.15) is 21.5 Å². The van der Waals surface area contributed by atoms with E-state index in [0.29, 0.717) is 43.2 Å².